The molecule has 5 rings (SSSR count). The molecule has 2 aliphatic rings. The van der Waals surface area contributed by atoms with Gasteiger partial charge in [0.25, 0.3) is 0 Å². The summed E-state index contributed by atoms with van der Waals surface area (Å²) in [4.78, 5) is 17.6. The highest BCUT2D eigenvalue weighted by molar-refractivity contribution is 8.00. The Bertz CT molecular complexity index is 1140. The second-order valence-electron chi connectivity index (χ2n) is 9.02. The van der Waals surface area contributed by atoms with Gasteiger partial charge in [-0.1, -0.05) is 12.1 Å². The Morgan fingerprint density at radius 1 is 1.22 bits per heavy atom. The number of anilines is 1. The minimum absolute atomic E-state index is 0.0814. The van der Waals surface area contributed by atoms with Crippen LogP contribution < -0.4 is 4.31 Å². The number of carboxylic acid groups (broad SMARTS) is 1. The number of fused-ring (bicyclic) bond motifs is 2. The average molecular weight is 452 g/mol. The number of rotatable bonds is 5. The second kappa shape index (κ2) is 8.45. The van der Waals surface area contributed by atoms with Crippen LogP contribution in [-0.2, 0) is 16.6 Å². The number of imidazole rings is 1. The largest absolute Gasteiger partial charge is 0.481 e. The summed E-state index contributed by atoms with van der Waals surface area (Å²) in [5, 5.41) is 9.72. The zero-order chi connectivity index (χ0) is 22.4. The summed E-state index contributed by atoms with van der Waals surface area (Å²) < 4.78 is 10.1. The van der Waals surface area contributed by atoms with Crippen LogP contribution in [0.3, 0.4) is 0 Å². The molecule has 3 aromatic rings. The molecule has 2 heterocycles. The van der Waals surface area contributed by atoms with Crippen LogP contribution in [0.4, 0.5) is 5.69 Å². The van der Waals surface area contributed by atoms with Crippen molar-refractivity contribution in [2.45, 2.75) is 43.1 Å². The van der Waals surface area contributed by atoms with Gasteiger partial charge in [0.2, 0.25) is 0 Å². The molecule has 6 nitrogen and oxygen atoms in total. The Morgan fingerprint density at radius 2 is 2.00 bits per heavy atom. The standard InChI is InChI=1S/C25H29N3O3S/c1-15-26-22-14-19(8-9-23(22)27(15)2)32-28(3)18-6-4-16(5-7-18)17-12-21(25(29)30)20-10-11-31-24(20)13-17/h4-9,14,17,20-21,24H,10-13H2,1-3H3,(H,29,30). The summed E-state index contributed by atoms with van der Waals surface area (Å²) in [5.74, 6) is 0.434. The number of aryl methyl sites for hydroxylation is 2. The number of ether oxygens (including phenoxy) is 1. The molecule has 4 atom stereocenters. The molecule has 0 amide bonds. The molecule has 0 bridgehead atoms. The van der Waals surface area contributed by atoms with E-state index in [0.717, 1.165) is 40.3 Å². The summed E-state index contributed by atoms with van der Waals surface area (Å²) in [7, 11) is 4.10. The van der Waals surface area contributed by atoms with E-state index in [-0.39, 0.29) is 23.9 Å². The molecule has 2 aromatic carbocycles. The summed E-state index contributed by atoms with van der Waals surface area (Å²) in [5.41, 5.74) is 4.46. The molecule has 4 unspecified atom stereocenters. The number of aliphatic carboxylic acids is 1. The molecule has 32 heavy (non-hydrogen) atoms. The van der Waals surface area contributed by atoms with Crippen molar-refractivity contribution in [3.63, 3.8) is 0 Å². The number of nitrogens with zero attached hydrogens (tertiary/aromatic N) is 3. The van der Waals surface area contributed by atoms with E-state index in [1.807, 2.05) is 14.0 Å². The van der Waals surface area contributed by atoms with E-state index in [9.17, 15) is 9.90 Å². The normalized spacial score (nSPS) is 25.1. The number of aromatic nitrogens is 2. The monoisotopic (exact) mass is 451 g/mol. The molecular weight excluding hydrogens is 422 g/mol. The van der Waals surface area contributed by atoms with Crippen LogP contribution >= 0.6 is 11.9 Å². The Balaban J connectivity index is 1.29. The zero-order valence-corrected chi connectivity index (χ0v) is 19.5. The maximum Gasteiger partial charge on any atom is 0.306 e. The molecule has 0 spiro atoms. The van der Waals surface area contributed by atoms with Crippen molar-refractivity contribution in [1.82, 2.24) is 9.55 Å². The van der Waals surface area contributed by atoms with Crippen LogP contribution in [0.15, 0.2) is 47.4 Å². The van der Waals surface area contributed by atoms with Crippen LogP contribution in [0.2, 0.25) is 0 Å². The quantitative estimate of drug-likeness (QED) is 0.550. The zero-order valence-electron chi connectivity index (χ0n) is 18.7. The van der Waals surface area contributed by atoms with Crippen molar-refractivity contribution < 1.29 is 14.6 Å². The molecule has 0 radical (unpaired) electrons. The predicted octanol–water partition coefficient (Wildman–Crippen LogP) is 5.01. The van der Waals surface area contributed by atoms with Gasteiger partial charge in [-0.3, -0.25) is 4.79 Å². The fraction of sp³-hybridized carbons (Fsp3) is 0.440. The summed E-state index contributed by atoms with van der Waals surface area (Å²) >= 11 is 1.67. The van der Waals surface area contributed by atoms with Gasteiger partial charge in [0.05, 0.1) is 23.1 Å². The number of benzene rings is 2. The Labute approximate surface area is 192 Å². The van der Waals surface area contributed by atoms with Crippen LogP contribution in [0.5, 0.6) is 0 Å². The third-order valence-corrected chi connectivity index (χ3v) is 8.15. The first-order valence-corrected chi connectivity index (χ1v) is 12.0. The highest BCUT2D eigenvalue weighted by atomic mass is 32.2. The lowest BCUT2D eigenvalue weighted by molar-refractivity contribution is -0.146. The Kier molecular flexibility index (Phi) is 5.63. The summed E-state index contributed by atoms with van der Waals surface area (Å²) in [6.45, 7) is 2.71. The van der Waals surface area contributed by atoms with Crippen molar-refractivity contribution in [3.05, 3.63) is 53.9 Å². The van der Waals surface area contributed by atoms with Crippen molar-refractivity contribution in [1.29, 1.82) is 0 Å². The van der Waals surface area contributed by atoms with E-state index in [2.05, 4.69) is 63.4 Å². The lowest BCUT2D eigenvalue weighted by atomic mass is 9.70. The van der Waals surface area contributed by atoms with Crippen LogP contribution in [-0.4, -0.2) is 40.4 Å². The first-order valence-electron chi connectivity index (χ1n) is 11.2. The highest BCUT2D eigenvalue weighted by Gasteiger charge is 2.44. The van der Waals surface area contributed by atoms with Crippen molar-refractivity contribution >= 4 is 34.6 Å². The van der Waals surface area contributed by atoms with E-state index >= 15 is 0 Å². The maximum absolute atomic E-state index is 11.8. The van der Waals surface area contributed by atoms with E-state index < -0.39 is 5.97 Å². The van der Waals surface area contributed by atoms with Gasteiger partial charge in [-0.25, -0.2) is 4.98 Å². The van der Waals surface area contributed by atoms with Gasteiger partial charge in [0.15, 0.2) is 0 Å². The molecule has 7 heteroatoms. The first-order chi connectivity index (χ1) is 15.4. The second-order valence-corrected chi connectivity index (χ2v) is 10.2. The minimum atomic E-state index is -0.678. The topological polar surface area (TPSA) is 67.6 Å². The van der Waals surface area contributed by atoms with Gasteiger partial charge in [-0.15, -0.1) is 0 Å². The van der Waals surface area contributed by atoms with Crippen LogP contribution in [0.25, 0.3) is 11.0 Å². The molecule has 1 aliphatic carbocycles. The third-order valence-electron chi connectivity index (χ3n) is 7.20. The van der Waals surface area contributed by atoms with Crippen molar-refractivity contribution in [2.75, 3.05) is 18.0 Å². The average Bonchev–Trinajstić information content (AvgIpc) is 3.37. The van der Waals surface area contributed by atoms with Gasteiger partial charge in [0, 0.05) is 37.2 Å². The van der Waals surface area contributed by atoms with Crippen molar-refractivity contribution in [3.8, 4) is 0 Å². The first kappa shape index (κ1) is 21.3. The van der Waals surface area contributed by atoms with E-state index in [4.69, 9.17) is 4.74 Å². The summed E-state index contributed by atoms with van der Waals surface area (Å²) in [6, 6.07) is 14.9. The molecule has 1 aromatic heterocycles. The molecule has 1 saturated heterocycles. The van der Waals surface area contributed by atoms with E-state index in [1.54, 1.807) is 11.9 Å². The summed E-state index contributed by atoms with van der Waals surface area (Å²) in [6.07, 6.45) is 2.58. The fourth-order valence-electron chi connectivity index (χ4n) is 5.31. The molecular formula is C25H29N3O3S. The molecule has 1 N–H and O–H groups in total. The third kappa shape index (κ3) is 3.88. The molecule has 2 fully saturated rings. The van der Waals surface area contributed by atoms with Gasteiger partial charge in [0.1, 0.15) is 5.82 Å². The number of hydrogen-bond donors (Lipinski definition) is 1. The predicted molar refractivity (Wildman–Crippen MR) is 127 cm³/mol. The van der Waals surface area contributed by atoms with Gasteiger partial charge in [-0.2, -0.15) is 0 Å². The molecule has 168 valence electrons. The molecule has 1 saturated carbocycles. The Morgan fingerprint density at radius 3 is 2.75 bits per heavy atom. The van der Waals surface area contributed by atoms with E-state index in [1.165, 1.54) is 5.56 Å². The number of carboxylic acids is 1. The lowest BCUT2D eigenvalue weighted by Gasteiger charge is -2.35. The fourth-order valence-corrected chi connectivity index (χ4v) is 6.14. The number of hydrogen-bond acceptors (Lipinski definition) is 5. The van der Waals surface area contributed by atoms with Gasteiger partial charge in [-0.05, 0) is 79.9 Å². The van der Waals surface area contributed by atoms with Crippen LogP contribution in [0, 0.1) is 18.8 Å². The smallest absolute Gasteiger partial charge is 0.306 e. The lowest BCUT2D eigenvalue weighted by Crippen LogP contribution is -2.37. The minimum Gasteiger partial charge on any atom is -0.481 e. The van der Waals surface area contributed by atoms with E-state index in [0.29, 0.717) is 13.0 Å². The molecule has 1 aliphatic heterocycles. The number of carbonyl (C=O) groups is 1. The van der Waals surface area contributed by atoms with Gasteiger partial charge >= 0.3 is 5.97 Å². The Hall–Kier alpha value is -2.51. The van der Waals surface area contributed by atoms with Crippen LogP contribution in [0.1, 0.15) is 36.6 Å². The SMILES string of the molecule is Cc1nc2cc(SN(C)c3ccc(C4CC5OCCC5C(C(=O)O)C4)cc3)ccc2n1C. The highest BCUT2D eigenvalue weighted by Crippen LogP contribution is 2.45. The maximum atomic E-state index is 11.8. The van der Waals surface area contributed by atoms with Crippen molar-refractivity contribution in [2.24, 2.45) is 18.9 Å². The van der Waals surface area contributed by atoms with Gasteiger partial charge < -0.3 is 18.7 Å².